The molecule has 0 spiro atoms. The van der Waals surface area contributed by atoms with Gasteiger partial charge in [-0.1, -0.05) is 23.2 Å². The van der Waals surface area contributed by atoms with Crippen LogP contribution in [0, 0.1) is 0 Å². The van der Waals surface area contributed by atoms with Crippen LogP contribution in [0.2, 0.25) is 10.0 Å². The van der Waals surface area contributed by atoms with Gasteiger partial charge in [0.1, 0.15) is 5.75 Å². The zero-order chi connectivity index (χ0) is 9.84. The Morgan fingerprint density at radius 2 is 2.00 bits per heavy atom. The zero-order valence-corrected chi connectivity index (χ0v) is 9.04. The fraction of sp³-hybridized carbons (Fsp3) is 0.333. The monoisotopic (exact) mass is 219 g/mol. The highest BCUT2D eigenvalue weighted by atomic mass is 35.5. The lowest BCUT2D eigenvalue weighted by molar-refractivity contribution is 0.415. The Morgan fingerprint density at radius 3 is 2.54 bits per heavy atom. The van der Waals surface area contributed by atoms with Crippen LogP contribution in [0.5, 0.6) is 5.75 Å². The number of halogens is 2. The van der Waals surface area contributed by atoms with Crippen molar-refractivity contribution in [2.24, 2.45) is 0 Å². The number of hydrogen-bond donors (Lipinski definition) is 1. The minimum atomic E-state index is 0.558. The summed E-state index contributed by atoms with van der Waals surface area (Å²) in [4.78, 5) is 0. The van der Waals surface area contributed by atoms with Gasteiger partial charge in [-0.25, -0.2) is 0 Å². The van der Waals surface area contributed by atoms with Gasteiger partial charge in [0.25, 0.3) is 0 Å². The number of methoxy groups -OCH3 is 1. The summed E-state index contributed by atoms with van der Waals surface area (Å²) in [6.07, 6.45) is 0. The van der Waals surface area contributed by atoms with E-state index in [1.165, 1.54) is 0 Å². The van der Waals surface area contributed by atoms with Gasteiger partial charge in [0.15, 0.2) is 0 Å². The van der Waals surface area contributed by atoms with Gasteiger partial charge in [-0.05, 0) is 13.0 Å². The minimum Gasteiger partial charge on any atom is -0.495 e. The molecule has 1 N–H and O–H groups in total. The summed E-state index contributed by atoms with van der Waals surface area (Å²) in [6.45, 7) is 2.80. The average Bonchev–Trinajstić information content (AvgIpc) is 2.11. The van der Waals surface area contributed by atoms with Gasteiger partial charge in [0.05, 0.1) is 22.8 Å². The van der Waals surface area contributed by atoms with Crippen LogP contribution in [0.4, 0.5) is 5.69 Å². The van der Waals surface area contributed by atoms with Gasteiger partial charge >= 0.3 is 0 Å². The lowest BCUT2D eigenvalue weighted by atomic mass is 10.3. The molecule has 0 heterocycles. The molecule has 0 atom stereocenters. The van der Waals surface area contributed by atoms with Crippen LogP contribution in [0.3, 0.4) is 0 Å². The van der Waals surface area contributed by atoms with E-state index in [4.69, 9.17) is 27.9 Å². The molecule has 0 amide bonds. The largest absolute Gasteiger partial charge is 0.495 e. The van der Waals surface area contributed by atoms with E-state index < -0.39 is 0 Å². The van der Waals surface area contributed by atoms with Gasteiger partial charge in [-0.15, -0.1) is 0 Å². The summed E-state index contributed by atoms with van der Waals surface area (Å²) in [5, 5.41) is 4.27. The van der Waals surface area contributed by atoms with E-state index in [1.54, 1.807) is 19.2 Å². The van der Waals surface area contributed by atoms with Crippen molar-refractivity contribution in [1.82, 2.24) is 0 Å². The summed E-state index contributed by atoms with van der Waals surface area (Å²) in [6, 6.07) is 3.45. The Labute approximate surface area is 87.8 Å². The second kappa shape index (κ2) is 4.58. The van der Waals surface area contributed by atoms with Crippen LogP contribution in [0.25, 0.3) is 0 Å². The number of benzene rings is 1. The summed E-state index contributed by atoms with van der Waals surface area (Å²) in [5.41, 5.74) is 0.829. The maximum absolute atomic E-state index is 5.96. The Morgan fingerprint density at radius 1 is 1.31 bits per heavy atom. The maximum atomic E-state index is 5.96. The van der Waals surface area contributed by atoms with Gasteiger partial charge in [0, 0.05) is 12.6 Å². The van der Waals surface area contributed by atoms with Gasteiger partial charge in [-0.2, -0.15) is 0 Å². The first-order chi connectivity index (χ1) is 6.19. The van der Waals surface area contributed by atoms with Crippen molar-refractivity contribution < 1.29 is 4.74 Å². The number of ether oxygens (including phenoxy) is 1. The molecule has 13 heavy (non-hydrogen) atoms. The number of anilines is 1. The third-order valence-corrected chi connectivity index (χ3v) is 2.22. The van der Waals surface area contributed by atoms with Crippen molar-refractivity contribution in [1.29, 1.82) is 0 Å². The molecule has 0 aliphatic rings. The number of rotatable bonds is 3. The van der Waals surface area contributed by atoms with Crippen molar-refractivity contribution >= 4 is 28.9 Å². The molecule has 72 valence electrons. The molecule has 0 bridgehead atoms. The topological polar surface area (TPSA) is 21.3 Å². The highest BCUT2D eigenvalue weighted by Crippen LogP contribution is 2.33. The van der Waals surface area contributed by atoms with Crippen LogP contribution < -0.4 is 10.1 Å². The van der Waals surface area contributed by atoms with Crippen LogP contribution >= 0.6 is 23.2 Å². The summed E-state index contributed by atoms with van der Waals surface area (Å²) in [5.74, 6) is 0.591. The Bertz CT molecular complexity index is 302. The Balaban J connectivity index is 3.05. The van der Waals surface area contributed by atoms with E-state index in [0.717, 1.165) is 12.2 Å². The molecule has 0 saturated carbocycles. The van der Waals surface area contributed by atoms with Gasteiger partial charge < -0.3 is 10.1 Å². The van der Waals surface area contributed by atoms with Crippen LogP contribution in [-0.2, 0) is 0 Å². The highest BCUT2D eigenvalue weighted by molar-refractivity contribution is 6.36. The normalized spacial score (nSPS) is 9.85. The third kappa shape index (κ3) is 2.42. The first-order valence-corrected chi connectivity index (χ1v) is 4.71. The second-order valence-corrected chi connectivity index (χ2v) is 3.31. The SMILES string of the molecule is CCNc1cc(Cl)c(OC)cc1Cl. The second-order valence-electron chi connectivity index (χ2n) is 2.50. The van der Waals surface area contributed by atoms with E-state index >= 15 is 0 Å². The standard InChI is InChI=1S/C9H11Cl2NO/c1-3-12-8-4-7(11)9(13-2)5-6(8)10/h4-5,12H,3H2,1-2H3. The molecule has 0 unspecified atom stereocenters. The average molecular weight is 220 g/mol. The minimum absolute atomic E-state index is 0.558. The molecule has 2 nitrogen and oxygen atoms in total. The van der Waals surface area contributed by atoms with E-state index in [0.29, 0.717) is 15.8 Å². The maximum Gasteiger partial charge on any atom is 0.139 e. The molecule has 0 aromatic heterocycles. The molecule has 0 fully saturated rings. The number of nitrogens with one attached hydrogen (secondary N) is 1. The fourth-order valence-corrected chi connectivity index (χ4v) is 1.47. The van der Waals surface area contributed by atoms with E-state index in [2.05, 4.69) is 5.32 Å². The van der Waals surface area contributed by atoms with Crippen LogP contribution in [-0.4, -0.2) is 13.7 Å². The summed E-state index contributed by atoms with van der Waals surface area (Å²) >= 11 is 11.9. The van der Waals surface area contributed by atoms with Gasteiger partial charge in [-0.3, -0.25) is 0 Å². The smallest absolute Gasteiger partial charge is 0.139 e. The molecular weight excluding hydrogens is 209 g/mol. The van der Waals surface area contributed by atoms with Crippen molar-refractivity contribution in [3.8, 4) is 5.75 Å². The first-order valence-electron chi connectivity index (χ1n) is 3.96. The van der Waals surface area contributed by atoms with Crippen molar-refractivity contribution in [2.75, 3.05) is 19.0 Å². The van der Waals surface area contributed by atoms with Crippen molar-refractivity contribution in [2.45, 2.75) is 6.92 Å². The summed E-state index contributed by atoms with van der Waals surface area (Å²) < 4.78 is 5.01. The van der Waals surface area contributed by atoms with Gasteiger partial charge in [0.2, 0.25) is 0 Å². The highest BCUT2D eigenvalue weighted by Gasteiger charge is 2.06. The first kappa shape index (κ1) is 10.5. The van der Waals surface area contributed by atoms with E-state index in [1.807, 2.05) is 6.92 Å². The molecule has 0 aliphatic carbocycles. The third-order valence-electron chi connectivity index (χ3n) is 1.61. The number of hydrogen-bond acceptors (Lipinski definition) is 2. The lowest BCUT2D eigenvalue weighted by Crippen LogP contribution is -1.97. The van der Waals surface area contributed by atoms with Crippen molar-refractivity contribution in [3.63, 3.8) is 0 Å². The quantitative estimate of drug-likeness (QED) is 0.842. The zero-order valence-electron chi connectivity index (χ0n) is 7.53. The van der Waals surface area contributed by atoms with Crippen molar-refractivity contribution in [3.05, 3.63) is 22.2 Å². The molecular formula is C9H11Cl2NO. The Hall–Kier alpha value is -0.600. The fourth-order valence-electron chi connectivity index (χ4n) is 1.01. The molecule has 0 saturated heterocycles. The van der Waals surface area contributed by atoms with Crippen LogP contribution in [0.15, 0.2) is 12.1 Å². The lowest BCUT2D eigenvalue weighted by Gasteiger charge is -2.09. The molecule has 1 aromatic rings. The summed E-state index contributed by atoms with van der Waals surface area (Å²) in [7, 11) is 1.56. The van der Waals surface area contributed by atoms with E-state index in [-0.39, 0.29) is 0 Å². The van der Waals surface area contributed by atoms with Crippen LogP contribution in [0.1, 0.15) is 6.92 Å². The molecule has 1 rings (SSSR count). The van der Waals surface area contributed by atoms with E-state index in [9.17, 15) is 0 Å². The molecule has 0 aliphatic heterocycles. The molecule has 4 heteroatoms. The Kier molecular flexibility index (Phi) is 3.70. The molecule has 1 aromatic carbocycles. The predicted molar refractivity (Wildman–Crippen MR) is 57.2 cm³/mol. The predicted octanol–water partition coefficient (Wildman–Crippen LogP) is 3.43. The molecule has 0 radical (unpaired) electrons.